The first kappa shape index (κ1) is 23.2. The van der Waals surface area contributed by atoms with Crippen LogP contribution in [0.3, 0.4) is 0 Å². The summed E-state index contributed by atoms with van der Waals surface area (Å²) in [5.41, 5.74) is 3.98. The molecule has 166 valence electrons. The molecule has 3 aromatic rings. The Morgan fingerprint density at radius 2 is 1.88 bits per heavy atom. The predicted octanol–water partition coefficient (Wildman–Crippen LogP) is 3.76. The van der Waals surface area contributed by atoms with Crippen molar-refractivity contribution in [2.75, 3.05) is 11.0 Å². The molecule has 0 radical (unpaired) electrons. The average Bonchev–Trinajstić information content (AvgIpc) is 2.71. The molecule has 0 aliphatic heterocycles. The monoisotopic (exact) mass is 450 g/mol. The number of anilines is 1. The standard InChI is InChI=1S/C24H26N4O3S/c1-24(2,3)18-12-17(9-7-16-8-10-22(27-15-16)28-32(4,30)31)21(14-25)20(13-18)19-6-5-11-26-23(19)29/h5-6,8,10-13,15H,7,9H2,1-4H3,(H,26,29)(H,27,28). The van der Waals surface area contributed by atoms with E-state index in [1.807, 2.05) is 18.2 Å². The molecule has 2 heterocycles. The number of H-pyrrole nitrogens is 1. The maximum atomic E-state index is 12.4. The molecule has 0 fully saturated rings. The smallest absolute Gasteiger partial charge is 0.255 e. The summed E-state index contributed by atoms with van der Waals surface area (Å²) in [6.07, 6.45) is 5.45. The van der Waals surface area contributed by atoms with E-state index >= 15 is 0 Å². The summed E-state index contributed by atoms with van der Waals surface area (Å²) in [7, 11) is -3.38. The number of benzene rings is 1. The first-order valence-corrected chi connectivity index (χ1v) is 12.1. The Kier molecular flexibility index (Phi) is 6.51. The highest BCUT2D eigenvalue weighted by Gasteiger charge is 2.21. The van der Waals surface area contributed by atoms with Crippen LogP contribution in [0.4, 0.5) is 5.82 Å². The van der Waals surface area contributed by atoms with Gasteiger partial charge in [0.25, 0.3) is 5.56 Å². The maximum Gasteiger partial charge on any atom is 0.255 e. The van der Waals surface area contributed by atoms with Crippen molar-refractivity contribution < 1.29 is 8.42 Å². The molecule has 2 aromatic heterocycles. The minimum absolute atomic E-state index is 0.167. The van der Waals surface area contributed by atoms with E-state index in [1.165, 1.54) is 0 Å². The number of rotatable bonds is 6. The number of nitriles is 1. The highest BCUT2D eigenvalue weighted by atomic mass is 32.2. The molecular weight excluding hydrogens is 424 g/mol. The molecule has 0 amide bonds. The van der Waals surface area contributed by atoms with Crippen LogP contribution in [0.2, 0.25) is 0 Å². The molecule has 7 nitrogen and oxygen atoms in total. The summed E-state index contributed by atoms with van der Waals surface area (Å²) in [6.45, 7) is 6.28. The van der Waals surface area contributed by atoms with Gasteiger partial charge in [-0.05, 0) is 59.2 Å². The molecular formula is C24H26N4O3S. The van der Waals surface area contributed by atoms with Crippen molar-refractivity contribution >= 4 is 15.8 Å². The number of nitrogens with one attached hydrogen (secondary N) is 2. The van der Waals surface area contributed by atoms with Crippen LogP contribution in [-0.2, 0) is 28.3 Å². The van der Waals surface area contributed by atoms with Gasteiger partial charge in [0.1, 0.15) is 11.9 Å². The highest BCUT2D eigenvalue weighted by molar-refractivity contribution is 7.92. The summed E-state index contributed by atoms with van der Waals surface area (Å²) in [5, 5.41) is 9.95. The lowest BCUT2D eigenvalue weighted by molar-refractivity contribution is 0.589. The average molecular weight is 451 g/mol. The summed E-state index contributed by atoms with van der Waals surface area (Å²) < 4.78 is 25.0. The number of hydrogen-bond donors (Lipinski definition) is 2. The van der Waals surface area contributed by atoms with Crippen molar-refractivity contribution in [3.63, 3.8) is 0 Å². The van der Waals surface area contributed by atoms with Gasteiger partial charge in [-0.1, -0.05) is 32.9 Å². The van der Waals surface area contributed by atoms with Crippen molar-refractivity contribution in [2.24, 2.45) is 0 Å². The number of hydrogen-bond acceptors (Lipinski definition) is 5. The van der Waals surface area contributed by atoms with E-state index in [1.54, 1.807) is 30.6 Å². The van der Waals surface area contributed by atoms with E-state index in [4.69, 9.17) is 0 Å². The van der Waals surface area contributed by atoms with E-state index in [2.05, 4.69) is 41.5 Å². The molecule has 0 aliphatic rings. The van der Waals surface area contributed by atoms with Gasteiger partial charge in [0.2, 0.25) is 10.0 Å². The molecule has 32 heavy (non-hydrogen) atoms. The molecule has 0 bridgehead atoms. The van der Waals surface area contributed by atoms with E-state index in [9.17, 15) is 18.5 Å². The Bertz CT molecular complexity index is 1330. The van der Waals surface area contributed by atoms with E-state index in [0.717, 1.165) is 22.9 Å². The predicted molar refractivity (Wildman–Crippen MR) is 126 cm³/mol. The molecule has 0 saturated heterocycles. The van der Waals surface area contributed by atoms with E-state index < -0.39 is 10.0 Å². The Balaban J connectivity index is 1.99. The zero-order chi connectivity index (χ0) is 23.5. The highest BCUT2D eigenvalue weighted by Crippen LogP contribution is 2.32. The van der Waals surface area contributed by atoms with Crippen molar-refractivity contribution in [3.05, 3.63) is 81.4 Å². The number of nitrogens with zero attached hydrogens (tertiary/aromatic N) is 2. The second-order valence-corrected chi connectivity index (χ2v) is 10.5. The fourth-order valence-corrected chi connectivity index (χ4v) is 3.91. The molecule has 1 aromatic carbocycles. The normalized spacial score (nSPS) is 11.7. The van der Waals surface area contributed by atoms with Crippen LogP contribution >= 0.6 is 0 Å². The molecule has 0 saturated carbocycles. The van der Waals surface area contributed by atoms with E-state index in [-0.39, 0.29) is 16.8 Å². The van der Waals surface area contributed by atoms with Crippen molar-refractivity contribution in [2.45, 2.75) is 39.0 Å². The Labute approximate surface area is 188 Å². The van der Waals surface area contributed by atoms with Gasteiger partial charge in [0.15, 0.2) is 0 Å². The molecule has 3 rings (SSSR count). The summed E-state index contributed by atoms with van der Waals surface area (Å²) in [4.78, 5) is 19.3. The van der Waals surface area contributed by atoms with Crippen LogP contribution in [-0.4, -0.2) is 24.6 Å². The minimum atomic E-state index is -3.38. The van der Waals surface area contributed by atoms with Crippen LogP contribution in [0.25, 0.3) is 11.1 Å². The molecule has 0 aliphatic carbocycles. The van der Waals surface area contributed by atoms with Crippen LogP contribution in [0.1, 0.15) is 43.0 Å². The number of pyridine rings is 2. The minimum Gasteiger partial charge on any atom is -0.329 e. The largest absolute Gasteiger partial charge is 0.329 e. The Hall–Kier alpha value is -3.44. The third kappa shape index (κ3) is 5.62. The lowest BCUT2D eigenvalue weighted by Crippen LogP contribution is -2.15. The number of aryl methyl sites for hydroxylation is 2. The van der Waals surface area contributed by atoms with Gasteiger partial charge in [-0.25, -0.2) is 13.4 Å². The van der Waals surface area contributed by atoms with Crippen molar-refractivity contribution in [1.82, 2.24) is 9.97 Å². The van der Waals surface area contributed by atoms with Gasteiger partial charge in [-0.3, -0.25) is 9.52 Å². The molecule has 2 N–H and O–H groups in total. The number of aromatic nitrogens is 2. The molecule has 8 heteroatoms. The fraction of sp³-hybridized carbons (Fsp3) is 0.292. The molecule has 0 unspecified atom stereocenters. The van der Waals surface area contributed by atoms with Gasteiger partial charge in [-0.2, -0.15) is 5.26 Å². The Morgan fingerprint density at radius 3 is 2.44 bits per heavy atom. The van der Waals surface area contributed by atoms with Crippen molar-refractivity contribution in [1.29, 1.82) is 5.26 Å². The van der Waals surface area contributed by atoms with Gasteiger partial charge < -0.3 is 4.98 Å². The van der Waals surface area contributed by atoms with Gasteiger partial charge in [-0.15, -0.1) is 0 Å². The van der Waals surface area contributed by atoms with Gasteiger partial charge >= 0.3 is 0 Å². The zero-order valence-corrected chi connectivity index (χ0v) is 19.4. The van der Waals surface area contributed by atoms with Crippen LogP contribution in [0.5, 0.6) is 0 Å². The van der Waals surface area contributed by atoms with Gasteiger partial charge in [0.05, 0.1) is 11.8 Å². The third-order valence-corrected chi connectivity index (χ3v) is 5.68. The van der Waals surface area contributed by atoms with Crippen LogP contribution < -0.4 is 10.3 Å². The quantitative estimate of drug-likeness (QED) is 0.593. The lowest BCUT2D eigenvalue weighted by Gasteiger charge is -2.22. The summed E-state index contributed by atoms with van der Waals surface area (Å²) in [5.74, 6) is 0.259. The lowest BCUT2D eigenvalue weighted by atomic mass is 9.81. The summed E-state index contributed by atoms with van der Waals surface area (Å²) in [6, 6.07) is 13.2. The number of aromatic amines is 1. The Morgan fingerprint density at radius 1 is 1.12 bits per heavy atom. The van der Waals surface area contributed by atoms with E-state index in [0.29, 0.717) is 29.5 Å². The first-order chi connectivity index (χ1) is 15.0. The number of sulfonamides is 1. The summed E-state index contributed by atoms with van der Waals surface area (Å²) >= 11 is 0. The SMILES string of the molecule is CC(C)(C)c1cc(CCc2ccc(NS(C)(=O)=O)nc2)c(C#N)c(-c2ccc[nH]c2=O)c1. The maximum absolute atomic E-state index is 12.4. The first-order valence-electron chi connectivity index (χ1n) is 10.2. The second-order valence-electron chi connectivity index (χ2n) is 8.76. The molecule has 0 spiro atoms. The van der Waals surface area contributed by atoms with Crippen molar-refractivity contribution in [3.8, 4) is 17.2 Å². The molecule has 0 atom stereocenters. The topological polar surface area (TPSA) is 116 Å². The third-order valence-electron chi connectivity index (χ3n) is 5.10. The fourth-order valence-electron chi connectivity index (χ4n) is 3.41. The zero-order valence-electron chi connectivity index (χ0n) is 18.6. The second kappa shape index (κ2) is 8.97. The van der Waals surface area contributed by atoms with Crippen LogP contribution in [0, 0.1) is 11.3 Å². The van der Waals surface area contributed by atoms with Crippen LogP contribution in [0.15, 0.2) is 53.6 Å². The van der Waals surface area contributed by atoms with Gasteiger partial charge in [0, 0.05) is 23.5 Å².